The zero-order valence-electron chi connectivity index (χ0n) is 14.8. The first-order chi connectivity index (χ1) is 10.7. The summed E-state index contributed by atoms with van der Waals surface area (Å²) in [5.41, 5.74) is 2.58. The van der Waals surface area contributed by atoms with E-state index in [0.29, 0.717) is 0 Å². The van der Waals surface area contributed by atoms with Crippen molar-refractivity contribution in [3.8, 4) is 0 Å². The zero-order valence-corrected chi connectivity index (χ0v) is 14.8. The van der Waals surface area contributed by atoms with Crippen molar-refractivity contribution in [2.45, 2.75) is 46.5 Å². The highest BCUT2D eigenvalue weighted by Gasteiger charge is 2.38. The number of carbonyl (C=O) groups excluding carboxylic acids is 1. The molecule has 0 saturated carbocycles. The quantitative estimate of drug-likeness (QED) is 0.813. The SMILES string of the molecule is Cc1ccc([C@@](C)(CC(C)(C)C)C(=O)Nc2ccccc2)cc1. The van der Waals surface area contributed by atoms with Gasteiger partial charge in [-0.05, 0) is 43.4 Å². The third-order valence-electron chi connectivity index (χ3n) is 4.11. The van der Waals surface area contributed by atoms with Crippen molar-refractivity contribution >= 4 is 11.6 Å². The molecule has 0 unspecified atom stereocenters. The third-order valence-corrected chi connectivity index (χ3v) is 4.11. The maximum Gasteiger partial charge on any atom is 0.234 e. The molecule has 0 bridgehead atoms. The van der Waals surface area contributed by atoms with Crippen LogP contribution in [0.25, 0.3) is 0 Å². The summed E-state index contributed by atoms with van der Waals surface area (Å²) >= 11 is 0. The van der Waals surface area contributed by atoms with E-state index in [-0.39, 0.29) is 11.3 Å². The van der Waals surface area contributed by atoms with Gasteiger partial charge in [-0.1, -0.05) is 68.8 Å². The van der Waals surface area contributed by atoms with E-state index in [9.17, 15) is 4.79 Å². The standard InChI is InChI=1S/C21H27NO/c1-16-11-13-17(14-12-16)21(5,15-20(2,3)4)19(23)22-18-9-7-6-8-10-18/h6-14H,15H2,1-5H3,(H,22,23)/t21-/m1/s1. The normalized spacial score (nSPS) is 14.1. The van der Waals surface area contributed by atoms with Gasteiger partial charge in [0.1, 0.15) is 0 Å². The van der Waals surface area contributed by atoms with Gasteiger partial charge >= 0.3 is 0 Å². The fraction of sp³-hybridized carbons (Fsp3) is 0.381. The highest BCUT2D eigenvalue weighted by atomic mass is 16.2. The van der Waals surface area contributed by atoms with E-state index < -0.39 is 5.41 Å². The van der Waals surface area contributed by atoms with Gasteiger partial charge < -0.3 is 5.32 Å². The summed E-state index contributed by atoms with van der Waals surface area (Å²) in [5, 5.41) is 3.08. The summed E-state index contributed by atoms with van der Waals surface area (Å²) in [6.07, 6.45) is 0.779. The second kappa shape index (κ2) is 6.57. The molecule has 0 aliphatic rings. The van der Waals surface area contributed by atoms with Crippen LogP contribution >= 0.6 is 0 Å². The maximum absolute atomic E-state index is 13.1. The lowest BCUT2D eigenvalue weighted by Gasteiger charge is -2.35. The molecule has 1 amide bonds. The monoisotopic (exact) mass is 309 g/mol. The number of anilines is 1. The maximum atomic E-state index is 13.1. The van der Waals surface area contributed by atoms with Gasteiger partial charge in [0, 0.05) is 5.69 Å². The Morgan fingerprint density at radius 1 is 0.913 bits per heavy atom. The Balaban J connectivity index is 2.36. The molecule has 23 heavy (non-hydrogen) atoms. The summed E-state index contributed by atoms with van der Waals surface area (Å²) in [5.74, 6) is 0.0440. The predicted octanol–water partition coefficient (Wildman–Crippen LogP) is 5.33. The Morgan fingerprint density at radius 2 is 1.48 bits per heavy atom. The van der Waals surface area contributed by atoms with Crippen molar-refractivity contribution in [1.82, 2.24) is 0 Å². The first kappa shape index (κ1) is 17.3. The zero-order chi connectivity index (χ0) is 17.1. The lowest BCUT2D eigenvalue weighted by Crippen LogP contribution is -2.40. The molecule has 2 aromatic rings. The number of hydrogen-bond donors (Lipinski definition) is 1. The molecule has 0 saturated heterocycles. The second-order valence-electron chi connectivity index (χ2n) is 7.76. The Labute approximate surface area is 139 Å². The number of benzene rings is 2. The first-order valence-corrected chi connectivity index (χ1v) is 8.14. The molecule has 0 spiro atoms. The summed E-state index contributed by atoms with van der Waals surface area (Å²) in [6.45, 7) is 10.6. The molecule has 0 heterocycles. The first-order valence-electron chi connectivity index (χ1n) is 8.14. The van der Waals surface area contributed by atoms with Crippen molar-refractivity contribution < 1.29 is 4.79 Å². The number of aryl methyl sites for hydroxylation is 1. The molecule has 0 fully saturated rings. The van der Waals surface area contributed by atoms with Crippen molar-refractivity contribution in [3.63, 3.8) is 0 Å². The van der Waals surface area contributed by atoms with Crippen LogP contribution in [0.1, 0.15) is 45.2 Å². The van der Waals surface area contributed by atoms with Gasteiger partial charge in [0.2, 0.25) is 5.91 Å². The Morgan fingerprint density at radius 3 is 2.00 bits per heavy atom. The summed E-state index contributed by atoms with van der Waals surface area (Å²) in [7, 11) is 0. The van der Waals surface area contributed by atoms with Crippen LogP contribution in [0.3, 0.4) is 0 Å². The predicted molar refractivity (Wildman–Crippen MR) is 97.7 cm³/mol. The van der Waals surface area contributed by atoms with Gasteiger partial charge in [-0.15, -0.1) is 0 Å². The van der Waals surface area contributed by atoms with Crippen LogP contribution in [0.5, 0.6) is 0 Å². The van der Waals surface area contributed by atoms with Gasteiger partial charge in [-0.25, -0.2) is 0 Å². The number of nitrogens with one attached hydrogen (secondary N) is 1. The second-order valence-corrected chi connectivity index (χ2v) is 7.76. The molecule has 2 heteroatoms. The van der Waals surface area contributed by atoms with Crippen LogP contribution in [0.4, 0.5) is 5.69 Å². The van der Waals surface area contributed by atoms with E-state index >= 15 is 0 Å². The number of rotatable bonds is 4. The molecular formula is C21H27NO. The molecule has 1 atom stereocenters. The van der Waals surface area contributed by atoms with E-state index in [2.05, 4.69) is 57.3 Å². The van der Waals surface area contributed by atoms with Crippen molar-refractivity contribution in [2.75, 3.05) is 5.32 Å². The average molecular weight is 309 g/mol. The van der Waals surface area contributed by atoms with Crippen LogP contribution in [0.2, 0.25) is 0 Å². The van der Waals surface area contributed by atoms with Gasteiger partial charge in [0.15, 0.2) is 0 Å². The smallest absolute Gasteiger partial charge is 0.234 e. The topological polar surface area (TPSA) is 29.1 Å². The number of carbonyl (C=O) groups is 1. The number of amides is 1. The molecule has 2 rings (SSSR count). The van der Waals surface area contributed by atoms with Crippen LogP contribution in [-0.2, 0) is 10.2 Å². The Hall–Kier alpha value is -2.09. The van der Waals surface area contributed by atoms with E-state index in [1.54, 1.807) is 0 Å². The summed E-state index contributed by atoms with van der Waals surface area (Å²) in [6, 6.07) is 18.0. The molecule has 2 aromatic carbocycles. The number of hydrogen-bond acceptors (Lipinski definition) is 1. The molecule has 0 radical (unpaired) electrons. The summed E-state index contributed by atoms with van der Waals surface area (Å²) in [4.78, 5) is 13.1. The lowest BCUT2D eigenvalue weighted by atomic mass is 9.70. The fourth-order valence-corrected chi connectivity index (χ4v) is 3.09. The van der Waals surface area contributed by atoms with Crippen molar-refractivity contribution in [3.05, 3.63) is 65.7 Å². The fourth-order valence-electron chi connectivity index (χ4n) is 3.09. The van der Waals surface area contributed by atoms with Crippen molar-refractivity contribution in [2.24, 2.45) is 5.41 Å². The van der Waals surface area contributed by atoms with Crippen LogP contribution in [-0.4, -0.2) is 5.91 Å². The Bertz CT molecular complexity index is 652. The number of para-hydroxylation sites is 1. The highest BCUT2D eigenvalue weighted by molar-refractivity contribution is 5.98. The van der Waals surface area contributed by atoms with E-state index in [0.717, 1.165) is 17.7 Å². The minimum atomic E-state index is -0.568. The average Bonchev–Trinajstić information content (AvgIpc) is 2.47. The van der Waals surface area contributed by atoms with E-state index in [1.165, 1.54) is 5.56 Å². The Kier molecular flexibility index (Phi) is 4.93. The van der Waals surface area contributed by atoms with Gasteiger partial charge in [0.05, 0.1) is 5.41 Å². The minimum absolute atomic E-state index is 0.0440. The van der Waals surface area contributed by atoms with Crippen LogP contribution in [0, 0.1) is 12.3 Å². The van der Waals surface area contributed by atoms with E-state index in [4.69, 9.17) is 0 Å². The van der Waals surface area contributed by atoms with Crippen LogP contribution < -0.4 is 5.32 Å². The third kappa shape index (κ3) is 4.44. The molecular weight excluding hydrogens is 282 g/mol. The van der Waals surface area contributed by atoms with Crippen LogP contribution in [0.15, 0.2) is 54.6 Å². The molecule has 1 N–H and O–H groups in total. The molecule has 0 aromatic heterocycles. The molecule has 0 aliphatic carbocycles. The summed E-state index contributed by atoms with van der Waals surface area (Å²) < 4.78 is 0. The van der Waals surface area contributed by atoms with Gasteiger partial charge in [-0.2, -0.15) is 0 Å². The highest BCUT2D eigenvalue weighted by Crippen LogP contribution is 2.37. The van der Waals surface area contributed by atoms with E-state index in [1.807, 2.05) is 37.3 Å². The minimum Gasteiger partial charge on any atom is -0.325 e. The lowest BCUT2D eigenvalue weighted by molar-refractivity contribution is -0.122. The molecule has 122 valence electrons. The van der Waals surface area contributed by atoms with Gasteiger partial charge in [-0.3, -0.25) is 4.79 Å². The van der Waals surface area contributed by atoms with Gasteiger partial charge in [0.25, 0.3) is 0 Å². The molecule has 2 nitrogen and oxygen atoms in total. The molecule has 0 aliphatic heterocycles. The van der Waals surface area contributed by atoms with Crippen molar-refractivity contribution in [1.29, 1.82) is 0 Å². The largest absolute Gasteiger partial charge is 0.325 e.